The van der Waals surface area contributed by atoms with Crippen LogP contribution in [0.1, 0.15) is 59.6 Å². The van der Waals surface area contributed by atoms with Crippen LogP contribution >= 0.6 is 0 Å². The molecule has 0 fully saturated rings. The number of unbranched alkanes of at least 4 members (excludes halogenated alkanes) is 2. The van der Waals surface area contributed by atoms with Crippen LogP contribution in [0.5, 0.6) is 5.75 Å². The summed E-state index contributed by atoms with van der Waals surface area (Å²) in [4.78, 5) is 0. The minimum absolute atomic E-state index is 0.0485. The molecular formula is C34H21F9O. The monoisotopic (exact) mass is 616 g/mol. The number of aryl methyl sites for hydroxylation is 1. The van der Waals surface area contributed by atoms with E-state index in [1.54, 1.807) is 6.07 Å². The van der Waals surface area contributed by atoms with Crippen molar-refractivity contribution in [2.75, 3.05) is 0 Å². The minimum atomic E-state index is -4.44. The van der Waals surface area contributed by atoms with Crippen LogP contribution in [0.25, 0.3) is 0 Å². The molecule has 4 rings (SSSR count). The zero-order valence-electron chi connectivity index (χ0n) is 22.9. The van der Waals surface area contributed by atoms with E-state index in [9.17, 15) is 39.5 Å². The van der Waals surface area contributed by atoms with Gasteiger partial charge in [0.25, 0.3) is 0 Å². The van der Waals surface area contributed by atoms with Crippen LogP contribution in [-0.2, 0) is 12.5 Å². The Labute approximate surface area is 247 Å². The second-order valence-electron chi connectivity index (χ2n) is 9.60. The van der Waals surface area contributed by atoms with Gasteiger partial charge in [-0.15, -0.1) is 0 Å². The number of halogens is 9. The summed E-state index contributed by atoms with van der Waals surface area (Å²) < 4.78 is 131. The largest absolute Gasteiger partial charge is 0.429 e. The average Bonchev–Trinajstić information content (AvgIpc) is 2.95. The number of hydrogen-bond acceptors (Lipinski definition) is 1. The Morgan fingerprint density at radius 3 is 1.86 bits per heavy atom. The molecule has 0 N–H and O–H groups in total. The van der Waals surface area contributed by atoms with Crippen molar-refractivity contribution in [2.24, 2.45) is 0 Å². The molecule has 0 saturated carbocycles. The molecular weight excluding hydrogens is 595 g/mol. The van der Waals surface area contributed by atoms with Gasteiger partial charge in [0.05, 0.1) is 11.1 Å². The first-order chi connectivity index (χ1) is 20.9. The Bertz CT molecular complexity index is 1780. The smallest absolute Gasteiger partial charge is 0.429 e. The van der Waals surface area contributed by atoms with Gasteiger partial charge < -0.3 is 4.74 Å². The first kappa shape index (κ1) is 32.1. The Morgan fingerprint density at radius 1 is 0.614 bits per heavy atom. The lowest BCUT2D eigenvalue weighted by Crippen LogP contribution is -2.23. The lowest BCUT2D eigenvalue weighted by atomic mass is 10.0. The van der Waals surface area contributed by atoms with Gasteiger partial charge in [-0.2, -0.15) is 8.78 Å². The number of rotatable bonds is 7. The van der Waals surface area contributed by atoms with Crippen molar-refractivity contribution in [1.82, 2.24) is 0 Å². The molecule has 0 unspecified atom stereocenters. The Balaban J connectivity index is 1.51. The summed E-state index contributed by atoms with van der Waals surface area (Å²) in [6.07, 6.45) is -0.750. The predicted molar refractivity (Wildman–Crippen MR) is 145 cm³/mol. The number of benzene rings is 4. The van der Waals surface area contributed by atoms with Crippen molar-refractivity contribution in [3.05, 3.63) is 135 Å². The standard InChI is InChI=1S/C34H21F9O/c1-2-3-4-5-20-6-10-23(27(35)14-20)11-7-22-16-28(36)25(29(37)17-22)12-8-21-9-13-26(30(38)15-21)34(42,43)44-24-18-31(39)33(41)32(40)19-24/h6,9-10,13-19H,2-5H2,1H3. The fraction of sp³-hybridized carbons (Fsp3) is 0.176. The molecule has 4 aromatic rings. The van der Waals surface area contributed by atoms with Gasteiger partial charge >= 0.3 is 6.11 Å². The van der Waals surface area contributed by atoms with Crippen LogP contribution in [0, 0.1) is 64.4 Å². The van der Waals surface area contributed by atoms with Crippen LogP contribution < -0.4 is 4.74 Å². The highest BCUT2D eigenvalue weighted by Crippen LogP contribution is 2.34. The Kier molecular flexibility index (Phi) is 9.95. The Morgan fingerprint density at radius 2 is 1.25 bits per heavy atom. The molecule has 0 atom stereocenters. The van der Waals surface area contributed by atoms with Crippen molar-refractivity contribution < 1.29 is 44.3 Å². The number of hydrogen-bond donors (Lipinski definition) is 0. The van der Waals surface area contributed by atoms with Gasteiger partial charge in [0.1, 0.15) is 34.6 Å². The lowest BCUT2D eigenvalue weighted by molar-refractivity contribution is -0.187. The van der Waals surface area contributed by atoms with E-state index >= 15 is 0 Å². The zero-order valence-corrected chi connectivity index (χ0v) is 22.9. The highest BCUT2D eigenvalue weighted by atomic mass is 19.3. The van der Waals surface area contributed by atoms with Gasteiger partial charge in [-0.25, -0.2) is 30.7 Å². The van der Waals surface area contributed by atoms with E-state index in [0.717, 1.165) is 49.4 Å². The summed E-state index contributed by atoms with van der Waals surface area (Å²) in [7, 11) is 0. The summed E-state index contributed by atoms with van der Waals surface area (Å²) >= 11 is 0. The lowest BCUT2D eigenvalue weighted by Gasteiger charge is -2.19. The maximum atomic E-state index is 14.7. The van der Waals surface area contributed by atoms with Gasteiger partial charge in [-0.05, 0) is 60.9 Å². The van der Waals surface area contributed by atoms with Gasteiger partial charge in [0, 0.05) is 23.3 Å². The fourth-order valence-electron chi connectivity index (χ4n) is 4.06. The summed E-state index contributed by atoms with van der Waals surface area (Å²) in [5.74, 6) is -1.49. The number of alkyl halides is 2. The van der Waals surface area contributed by atoms with Crippen LogP contribution in [0.15, 0.2) is 60.7 Å². The molecule has 0 saturated heterocycles. The van der Waals surface area contributed by atoms with E-state index in [2.05, 4.69) is 35.3 Å². The first-order valence-corrected chi connectivity index (χ1v) is 13.2. The molecule has 0 aromatic heterocycles. The van der Waals surface area contributed by atoms with Crippen molar-refractivity contribution >= 4 is 0 Å². The van der Waals surface area contributed by atoms with E-state index < -0.39 is 63.7 Å². The maximum absolute atomic E-state index is 14.7. The molecule has 10 heteroatoms. The highest BCUT2D eigenvalue weighted by molar-refractivity contribution is 5.50. The van der Waals surface area contributed by atoms with E-state index in [-0.39, 0.29) is 28.8 Å². The van der Waals surface area contributed by atoms with Crippen LogP contribution in [0.4, 0.5) is 39.5 Å². The first-order valence-electron chi connectivity index (χ1n) is 13.2. The molecule has 1 nitrogen and oxygen atoms in total. The molecule has 0 spiro atoms. The molecule has 226 valence electrons. The van der Waals surface area contributed by atoms with Crippen molar-refractivity contribution in [3.8, 4) is 29.4 Å². The van der Waals surface area contributed by atoms with Crippen molar-refractivity contribution in [1.29, 1.82) is 0 Å². The van der Waals surface area contributed by atoms with E-state index in [1.165, 1.54) is 12.1 Å². The van der Waals surface area contributed by atoms with Gasteiger partial charge in [0.15, 0.2) is 17.5 Å². The maximum Gasteiger partial charge on any atom is 0.429 e. The predicted octanol–water partition coefficient (Wildman–Crippen LogP) is 9.32. The van der Waals surface area contributed by atoms with E-state index in [0.29, 0.717) is 12.1 Å². The second-order valence-corrected chi connectivity index (χ2v) is 9.60. The minimum Gasteiger partial charge on any atom is -0.429 e. The molecule has 4 aromatic carbocycles. The fourth-order valence-corrected chi connectivity index (χ4v) is 4.06. The third-order valence-electron chi connectivity index (χ3n) is 6.30. The highest BCUT2D eigenvalue weighted by Gasteiger charge is 2.38. The third kappa shape index (κ3) is 7.76. The van der Waals surface area contributed by atoms with Crippen LogP contribution in [-0.4, -0.2) is 0 Å². The molecule has 0 radical (unpaired) electrons. The quantitative estimate of drug-likeness (QED) is 0.0871. The summed E-state index contributed by atoms with van der Waals surface area (Å²) in [5, 5.41) is 0. The van der Waals surface area contributed by atoms with E-state index in [1.807, 2.05) is 0 Å². The molecule has 0 bridgehead atoms. The second kappa shape index (κ2) is 13.6. The van der Waals surface area contributed by atoms with Gasteiger partial charge in [-0.1, -0.05) is 49.5 Å². The topological polar surface area (TPSA) is 9.23 Å². The average molecular weight is 617 g/mol. The van der Waals surface area contributed by atoms with Crippen LogP contribution in [0.3, 0.4) is 0 Å². The third-order valence-corrected chi connectivity index (χ3v) is 6.30. The summed E-state index contributed by atoms with van der Waals surface area (Å²) in [6.45, 7) is 2.06. The summed E-state index contributed by atoms with van der Waals surface area (Å²) in [6, 6.07) is 8.65. The zero-order chi connectivity index (χ0) is 32.0. The van der Waals surface area contributed by atoms with Crippen molar-refractivity contribution in [2.45, 2.75) is 38.7 Å². The molecule has 44 heavy (non-hydrogen) atoms. The van der Waals surface area contributed by atoms with Crippen LogP contribution in [0.2, 0.25) is 0 Å². The Hall–Kier alpha value is -4.83. The summed E-state index contributed by atoms with van der Waals surface area (Å²) in [5.41, 5.74) is -1.55. The molecule has 0 amide bonds. The van der Waals surface area contributed by atoms with Gasteiger partial charge in [-0.3, -0.25) is 0 Å². The van der Waals surface area contributed by atoms with E-state index in [4.69, 9.17) is 0 Å². The SMILES string of the molecule is CCCCCc1ccc(C#Cc2cc(F)c(C#Cc3ccc(C(F)(F)Oc4cc(F)c(F)c(F)c4)c(F)c3)c(F)c2)c(F)c1. The normalized spacial score (nSPS) is 11.0. The van der Waals surface area contributed by atoms with Crippen molar-refractivity contribution in [3.63, 3.8) is 0 Å². The van der Waals surface area contributed by atoms with Gasteiger partial charge in [0.2, 0.25) is 0 Å². The molecule has 0 aliphatic rings. The number of ether oxygens (including phenoxy) is 1. The molecule has 0 heterocycles. The molecule has 0 aliphatic heterocycles. The molecule has 0 aliphatic carbocycles.